The molecule has 3 heteroatoms. The van der Waals surface area contributed by atoms with Crippen LogP contribution in [0.3, 0.4) is 0 Å². The molecular formula is C13H15NO2. The Morgan fingerprint density at radius 2 is 1.81 bits per heavy atom. The summed E-state index contributed by atoms with van der Waals surface area (Å²) in [6.07, 6.45) is 8.11. The molecule has 0 rings (SSSR count). The Bertz CT molecular complexity index is 387. The van der Waals surface area contributed by atoms with E-state index in [2.05, 4.69) is 25.1 Å². The van der Waals surface area contributed by atoms with Gasteiger partial charge < -0.3 is 5.32 Å². The van der Waals surface area contributed by atoms with Crippen LogP contribution < -0.4 is 5.32 Å². The van der Waals surface area contributed by atoms with Crippen molar-refractivity contribution in [1.29, 1.82) is 0 Å². The van der Waals surface area contributed by atoms with Gasteiger partial charge in [-0.1, -0.05) is 38.0 Å². The highest BCUT2D eigenvalue weighted by molar-refractivity contribution is 6.18. The first kappa shape index (κ1) is 13.8. The molecule has 1 N–H and O–H groups in total. The van der Waals surface area contributed by atoms with Crippen LogP contribution in [0.15, 0.2) is 61.4 Å². The molecule has 0 spiro atoms. The van der Waals surface area contributed by atoms with Crippen LogP contribution in [-0.4, -0.2) is 11.7 Å². The van der Waals surface area contributed by atoms with Crippen molar-refractivity contribution in [1.82, 2.24) is 5.32 Å². The van der Waals surface area contributed by atoms with Crippen LogP contribution in [-0.2, 0) is 9.59 Å². The lowest BCUT2D eigenvalue weighted by atomic mass is 10.2. The summed E-state index contributed by atoms with van der Waals surface area (Å²) < 4.78 is 0. The third kappa shape index (κ3) is 4.91. The van der Waals surface area contributed by atoms with Gasteiger partial charge in [-0.25, -0.2) is 0 Å². The zero-order chi connectivity index (χ0) is 12.6. The van der Waals surface area contributed by atoms with Crippen LogP contribution in [0, 0.1) is 0 Å². The molecule has 0 aromatic carbocycles. The topological polar surface area (TPSA) is 46.2 Å². The lowest BCUT2D eigenvalue weighted by Crippen LogP contribution is -2.25. The Balaban J connectivity index is 4.62. The van der Waals surface area contributed by atoms with Gasteiger partial charge >= 0.3 is 0 Å². The van der Waals surface area contributed by atoms with E-state index >= 15 is 0 Å². The van der Waals surface area contributed by atoms with Gasteiger partial charge in [0, 0.05) is 5.70 Å². The molecule has 1 amide bonds. The minimum absolute atomic E-state index is 0.0829. The van der Waals surface area contributed by atoms with Crippen LogP contribution in [0.5, 0.6) is 0 Å². The van der Waals surface area contributed by atoms with Gasteiger partial charge in [-0.15, -0.1) is 0 Å². The van der Waals surface area contributed by atoms with Crippen molar-refractivity contribution in [3.05, 3.63) is 61.4 Å². The van der Waals surface area contributed by atoms with E-state index in [-0.39, 0.29) is 11.4 Å². The highest BCUT2D eigenvalue weighted by atomic mass is 16.2. The predicted octanol–water partition coefficient (Wildman–Crippen LogP) is 2.06. The third-order valence-electron chi connectivity index (χ3n) is 1.70. The molecule has 0 saturated carbocycles. The molecule has 16 heavy (non-hydrogen) atoms. The Labute approximate surface area is 95.5 Å². The van der Waals surface area contributed by atoms with Gasteiger partial charge in [-0.2, -0.15) is 0 Å². The normalized spacial score (nSPS) is 10.9. The number of hydrogen-bond acceptors (Lipinski definition) is 2. The largest absolute Gasteiger partial charge is 0.322 e. The van der Waals surface area contributed by atoms with E-state index in [4.69, 9.17) is 0 Å². The summed E-state index contributed by atoms with van der Waals surface area (Å²) in [4.78, 5) is 22.3. The molecule has 0 unspecified atom stereocenters. The quantitative estimate of drug-likeness (QED) is 0.320. The molecule has 0 aromatic heterocycles. The van der Waals surface area contributed by atoms with Gasteiger partial charge in [-0.3, -0.25) is 9.59 Å². The van der Waals surface area contributed by atoms with E-state index in [1.807, 2.05) is 0 Å². The molecule has 0 aliphatic heterocycles. The molecular weight excluding hydrogens is 202 g/mol. The highest BCUT2D eigenvalue weighted by Gasteiger charge is 2.11. The maximum atomic E-state index is 11.4. The molecule has 3 nitrogen and oxygen atoms in total. The summed E-state index contributed by atoms with van der Waals surface area (Å²) in [6.45, 7) is 11.7. The Morgan fingerprint density at radius 3 is 2.25 bits per heavy atom. The first-order chi connectivity index (χ1) is 7.52. The van der Waals surface area contributed by atoms with Crippen molar-refractivity contribution < 1.29 is 9.59 Å². The van der Waals surface area contributed by atoms with Gasteiger partial charge in [0.1, 0.15) is 0 Å². The van der Waals surface area contributed by atoms with Crippen molar-refractivity contribution >= 4 is 11.7 Å². The van der Waals surface area contributed by atoms with Crippen molar-refractivity contribution in [2.75, 3.05) is 0 Å². The molecule has 0 atom stereocenters. The molecule has 0 radical (unpaired) electrons. The molecule has 0 aliphatic carbocycles. The van der Waals surface area contributed by atoms with E-state index < -0.39 is 5.91 Å². The summed E-state index contributed by atoms with van der Waals surface area (Å²) in [6, 6.07) is 0. The second-order valence-corrected chi connectivity index (χ2v) is 2.94. The van der Waals surface area contributed by atoms with E-state index in [0.29, 0.717) is 5.70 Å². The molecule has 0 fully saturated rings. The standard InChI is InChI=1S/C13H15NO2/c1-5-7-8-9-12(6-2)14-13(16)10(3)11(4)15/h5-9H,1-3H2,4H3,(H,14,16)/b8-7-,12-9+. The van der Waals surface area contributed by atoms with Crippen LogP contribution in [0.25, 0.3) is 0 Å². The number of rotatable bonds is 6. The van der Waals surface area contributed by atoms with E-state index in [1.165, 1.54) is 13.0 Å². The minimum Gasteiger partial charge on any atom is -0.322 e. The summed E-state index contributed by atoms with van der Waals surface area (Å²) >= 11 is 0. The number of Topliss-reactive ketones (excluding diaryl/α,β-unsaturated/α-hetero) is 1. The number of carbonyl (C=O) groups is 2. The Morgan fingerprint density at radius 1 is 1.19 bits per heavy atom. The first-order valence-electron chi connectivity index (χ1n) is 4.66. The highest BCUT2D eigenvalue weighted by Crippen LogP contribution is 1.97. The van der Waals surface area contributed by atoms with Gasteiger partial charge in [0.15, 0.2) is 5.78 Å². The summed E-state index contributed by atoms with van der Waals surface area (Å²) in [5.74, 6) is -0.881. The van der Waals surface area contributed by atoms with Crippen LogP contribution in [0.2, 0.25) is 0 Å². The zero-order valence-corrected chi connectivity index (χ0v) is 9.32. The van der Waals surface area contributed by atoms with Gasteiger partial charge in [0.2, 0.25) is 0 Å². The van der Waals surface area contributed by atoms with E-state index in [1.54, 1.807) is 24.3 Å². The summed E-state index contributed by atoms with van der Waals surface area (Å²) in [7, 11) is 0. The zero-order valence-electron chi connectivity index (χ0n) is 9.32. The van der Waals surface area contributed by atoms with Gasteiger partial charge in [0.25, 0.3) is 5.91 Å². The van der Waals surface area contributed by atoms with Gasteiger partial charge in [-0.05, 0) is 19.1 Å². The SMILES string of the molecule is C=C/C=C\C=C(/C=C)NC(=O)C(=C)C(C)=O. The molecule has 0 aliphatic rings. The van der Waals surface area contributed by atoms with Crippen LogP contribution in [0.1, 0.15) is 6.92 Å². The van der Waals surface area contributed by atoms with Crippen molar-refractivity contribution in [2.24, 2.45) is 0 Å². The maximum absolute atomic E-state index is 11.4. The van der Waals surface area contributed by atoms with Crippen LogP contribution >= 0.6 is 0 Å². The average Bonchev–Trinajstić information content (AvgIpc) is 2.26. The van der Waals surface area contributed by atoms with Crippen molar-refractivity contribution in [3.63, 3.8) is 0 Å². The summed E-state index contributed by atoms with van der Waals surface area (Å²) in [5.41, 5.74) is 0.408. The Kier molecular flexibility index (Phi) is 6.21. The maximum Gasteiger partial charge on any atom is 0.258 e. The number of allylic oxidation sites excluding steroid dienone is 5. The fraction of sp³-hybridized carbons (Fsp3) is 0.0769. The fourth-order valence-corrected chi connectivity index (χ4v) is 0.765. The smallest absolute Gasteiger partial charge is 0.258 e. The van der Waals surface area contributed by atoms with Crippen molar-refractivity contribution in [3.8, 4) is 0 Å². The lowest BCUT2D eigenvalue weighted by Gasteiger charge is -2.04. The Hall–Kier alpha value is -2.16. The second-order valence-electron chi connectivity index (χ2n) is 2.94. The van der Waals surface area contributed by atoms with Crippen molar-refractivity contribution in [2.45, 2.75) is 6.92 Å². The first-order valence-corrected chi connectivity index (χ1v) is 4.66. The number of carbonyl (C=O) groups excluding carboxylic acids is 2. The number of hydrogen-bond donors (Lipinski definition) is 1. The van der Waals surface area contributed by atoms with Gasteiger partial charge in [0.05, 0.1) is 5.57 Å². The molecule has 0 bridgehead atoms. The predicted molar refractivity (Wildman–Crippen MR) is 65.6 cm³/mol. The second kappa shape index (κ2) is 7.17. The van der Waals surface area contributed by atoms with E-state index in [9.17, 15) is 9.59 Å². The number of ketones is 1. The minimum atomic E-state index is -0.523. The monoisotopic (exact) mass is 217 g/mol. The molecule has 84 valence electrons. The fourth-order valence-electron chi connectivity index (χ4n) is 0.765. The average molecular weight is 217 g/mol. The summed E-state index contributed by atoms with van der Waals surface area (Å²) in [5, 5.41) is 2.50. The third-order valence-corrected chi connectivity index (χ3v) is 1.70. The van der Waals surface area contributed by atoms with E-state index in [0.717, 1.165) is 0 Å². The molecule has 0 saturated heterocycles. The number of amides is 1. The van der Waals surface area contributed by atoms with Crippen LogP contribution in [0.4, 0.5) is 0 Å². The molecule has 0 aromatic rings. The number of nitrogens with one attached hydrogen (secondary N) is 1. The molecule has 0 heterocycles. The lowest BCUT2D eigenvalue weighted by molar-refractivity contribution is -0.121.